The number of amides is 1. The van der Waals surface area contributed by atoms with Crippen molar-refractivity contribution in [3.05, 3.63) is 65.2 Å². The summed E-state index contributed by atoms with van der Waals surface area (Å²) in [7, 11) is 0. The molecule has 1 aliphatic rings. The number of fused-ring (bicyclic) bond motifs is 1. The third-order valence-electron chi connectivity index (χ3n) is 4.46. The summed E-state index contributed by atoms with van der Waals surface area (Å²) >= 11 is 0. The number of nitrogens with zero attached hydrogens (tertiary/aromatic N) is 1. The summed E-state index contributed by atoms with van der Waals surface area (Å²) in [6, 6.07) is 14.0. The van der Waals surface area contributed by atoms with E-state index in [1.54, 1.807) is 30.3 Å². The molecule has 2 aromatic carbocycles. The minimum absolute atomic E-state index is 0.0629. The molecule has 0 saturated heterocycles. The van der Waals surface area contributed by atoms with Crippen LogP contribution in [-0.2, 0) is 5.41 Å². The van der Waals surface area contributed by atoms with Crippen LogP contribution < -0.4 is 5.32 Å². The molecule has 0 bridgehead atoms. The summed E-state index contributed by atoms with van der Waals surface area (Å²) in [6.45, 7) is 4.89. The second-order valence-electron chi connectivity index (χ2n) is 7.51. The number of hydrogen-bond acceptors (Lipinski definition) is 2. The van der Waals surface area contributed by atoms with E-state index in [1.165, 1.54) is 6.07 Å². The number of rotatable bonds is 2. The molecule has 3 nitrogen and oxygen atoms in total. The maximum atomic E-state index is 13.1. The summed E-state index contributed by atoms with van der Waals surface area (Å²) in [4.78, 5) is 13.5. The molecule has 1 atom stereocenters. The second-order valence-corrected chi connectivity index (χ2v) is 7.51. The molecule has 3 rings (SSSR count). The molecule has 1 heterocycles. The summed E-state index contributed by atoms with van der Waals surface area (Å²) in [5, 5.41) is 3.08. The Morgan fingerprint density at radius 2 is 1.62 bits per heavy atom. The molecular weight excluding hydrogens is 341 g/mol. The molecule has 138 valence electrons. The summed E-state index contributed by atoms with van der Waals surface area (Å²) in [6.07, 6.45) is -5.35. The van der Waals surface area contributed by atoms with E-state index >= 15 is 0 Å². The van der Waals surface area contributed by atoms with Gasteiger partial charge in [0.1, 0.15) is 12.7 Å². The fourth-order valence-corrected chi connectivity index (χ4v) is 3.08. The average molecular weight is 362 g/mol. The number of carbonyl (C=O) groups excluding carboxylic acids is 1. The zero-order valence-electron chi connectivity index (χ0n) is 14.9. The highest BCUT2D eigenvalue weighted by Gasteiger charge is 2.40. The summed E-state index contributed by atoms with van der Waals surface area (Å²) in [5.74, 6) is -0.624. The predicted molar refractivity (Wildman–Crippen MR) is 95.0 cm³/mol. The van der Waals surface area contributed by atoms with Crippen molar-refractivity contribution in [3.8, 4) is 0 Å². The number of alkyl halides is 3. The van der Waals surface area contributed by atoms with Crippen LogP contribution in [0.5, 0.6) is 0 Å². The Balaban J connectivity index is 2.01. The first-order valence-electron chi connectivity index (χ1n) is 8.40. The Labute approximate surface area is 150 Å². The first kappa shape index (κ1) is 18.3. The highest BCUT2D eigenvalue weighted by molar-refractivity contribution is 6.01. The van der Waals surface area contributed by atoms with Gasteiger partial charge >= 0.3 is 6.18 Å². The van der Waals surface area contributed by atoms with Crippen LogP contribution in [-0.4, -0.2) is 23.5 Å². The Hall–Kier alpha value is -2.50. The molecule has 0 spiro atoms. The van der Waals surface area contributed by atoms with Crippen LogP contribution in [0, 0.1) is 0 Å². The molecule has 1 N–H and O–H groups in total. The summed E-state index contributed by atoms with van der Waals surface area (Å²) < 4.78 is 39.2. The lowest BCUT2D eigenvalue weighted by Crippen LogP contribution is -2.47. The predicted octanol–water partition coefficient (Wildman–Crippen LogP) is 5.11. The number of halogens is 3. The third-order valence-corrected chi connectivity index (χ3v) is 4.46. The Kier molecular flexibility index (Phi) is 4.46. The van der Waals surface area contributed by atoms with Gasteiger partial charge in [-0.2, -0.15) is 13.2 Å². The Morgan fingerprint density at radius 1 is 1.00 bits per heavy atom. The third kappa shape index (κ3) is 3.69. The van der Waals surface area contributed by atoms with Gasteiger partial charge in [0.25, 0.3) is 5.91 Å². The lowest BCUT2D eigenvalue weighted by Gasteiger charge is -2.38. The van der Waals surface area contributed by atoms with Gasteiger partial charge in [0.15, 0.2) is 0 Å². The maximum absolute atomic E-state index is 13.1. The Morgan fingerprint density at radius 3 is 2.19 bits per heavy atom. The van der Waals surface area contributed by atoms with E-state index in [9.17, 15) is 18.0 Å². The largest absolute Gasteiger partial charge is 0.406 e. The molecular formula is C20H21F3N2O. The maximum Gasteiger partial charge on any atom is 0.406 e. The van der Waals surface area contributed by atoms with Crippen molar-refractivity contribution < 1.29 is 18.0 Å². The molecule has 0 aromatic heterocycles. The van der Waals surface area contributed by atoms with E-state index in [-0.39, 0.29) is 11.0 Å². The quantitative estimate of drug-likeness (QED) is 0.805. The summed E-state index contributed by atoms with van der Waals surface area (Å²) in [5.41, 5.74) is 2.42. The topological polar surface area (TPSA) is 32.3 Å². The highest BCUT2D eigenvalue weighted by atomic mass is 19.4. The second kappa shape index (κ2) is 6.34. The van der Waals surface area contributed by atoms with Gasteiger partial charge < -0.3 is 10.2 Å². The zero-order valence-corrected chi connectivity index (χ0v) is 14.9. The minimum Gasteiger partial charge on any atom is -0.361 e. The number of carbonyl (C=O) groups is 1. The smallest absolute Gasteiger partial charge is 0.361 e. The molecule has 1 amide bonds. The van der Waals surface area contributed by atoms with Crippen molar-refractivity contribution in [1.82, 2.24) is 4.90 Å². The lowest BCUT2D eigenvalue weighted by atomic mass is 9.86. The molecule has 0 fully saturated rings. The molecule has 6 heteroatoms. The SMILES string of the molecule is CC(C)(C)c1ccc(C2Nc3ccccc3C(=O)N2CC(F)(F)F)cc1. The zero-order chi connectivity index (χ0) is 19.1. The molecule has 1 aliphatic heterocycles. The van der Waals surface area contributed by atoms with Gasteiger partial charge in [-0.05, 0) is 28.7 Å². The first-order chi connectivity index (χ1) is 12.1. The van der Waals surface area contributed by atoms with Crippen LogP contribution in [0.25, 0.3) is 0 Å². The van der Waals surface area contributed by atoms with E-state index in [1.807, 2.05) is 12.1 Å². The van der Waals surface area contributed by atoms with Crippen LogP contribution in [0.3, 0.4) is 0 Å². The number of benzene rings is 2. The number of hydrogen-bond donors (Lipinski definition) is 1. The van der Waals surface area contributed by atoms with Crippen molar-refractivity contribution in [2.45, 2.75) is 38.5 Å². The number of para-hydroxylation sites is 1. The molecule has 0 radical (unpaired) electrons. The average Bonchev–Trinajstić information content (AvgIpc) is 2.56. The van der Waals surface area contributed by atoms with Crippen molar-refractivity contribution in [1.29, 1.82) is 0 Å². The van der Waals surface area contributed by atoms with E-state index in [0.29, 0.717) is 11.3 Å². The van der Waals surface area contributed by atoms with Crippen molar-refractivity contribution in [3.63, 3.8) is 0 Å². The van der Waals surface area contributed by atoms with Crippen LogP contribution in [0.15, 0.2) is 48.5 Å². The first-order valence-corrected chi connectivity index (χ1v) is 8.40. The van der Waals surface area contributed by atoms with Crippen LogP contribution in [0.1, 0.15) is 48.4 Å². The molecule has 0 aliphatic carbocycles. The van der Waals surface area contributed by atoms with Crippen LogP contribution in [0.2, 0.25) is 0 Å². The minimum atomic E-state index is -4.48. The van der Waals surface area contributed by atoms with Gasteiger partial charge in [0.05, 0.1) is 5.56 Å². The molecule has 0 saturated carbocycles. The van der Waals surface area contributed by atoms with Gasteiger partial charge in [-0.1, -0.05) is 57.2 Å². The fourth-order valence-electron chi connectivity index (χ4n) is 3.08. The van der Waals surface area contributed by atoms with Crippen LogP contribution in [0.4, 0.5) is 18.9 Å². The Bertz CT molecular complexity index is 807. The van der Waals surface area contributed by atoms with Crippen LogP contribution >= 0.6 is 0 Å². The van der Waals surface area contributed by atoms with Gasteiger partial charge in [0, 0.05) is 5.69 Å². The fraction of sp³-hybridized carbons (Fsp3) is 0.350. The van der Waals surface area contributed by atoms with Crippen molar-refractivity contribution in [2.75, 3.05) is 11.9 Å². The van der Waals surface area contributed by atoms with Crippen molar-refractivity contribution >= 4 is 11.6 Å². The number of anilines is 1. The molecule has 2 aromatic rings. The van der Waals surface area contributed by atoms with E-state index in [2.05, 4.69) is 26.1 Å². The molecule has 1 unspecified atom stereocenters. The standard InChI is InChI=1S/C20H21F3N2O/c1-19(2,3)14-10-8-13(9-11-14)17-24-16-7-5-4-6-15(16)18(26)25(17)12-20(21,22)23/h4-11,17,24H,12H2,1-3H3. The van der Waals surface area contributed by atoms with E-state index < -0.39 is 24.8 Å². The highest BCUT2D eigenvalue weighted by Crippen LogP contribution is 2.35. The lowest BCUT2D eigenvalue weighted by molar-refractivity contribution is -0.144. The molecule has 26 heavy (non-hydrogen) atoms. The van der Waals surface area contributed by atoms with Gasteiger partial charge in [-0.3, -0.25) is 4.79 Å². The van der Waals surface area contributed by atoms with E-state index in [4.69, 9.17) is 0 Å². The normalized spacial score (nSPS) is 17.7. The number of nitrogens with one attached hydrogen (secondary N) is 1. The van der Waals surface area contributed by atoms with E-state index in [0.717, 1.165) is 10.5 Å². The van der Waals surface area contributed by atoms with Gasteiger partial charge in [0.2, 0.25) is 0 Å². The van der Waals surface area contributed by atoms with Gasteiger partial charge in [-0.25, -0.2) is 0 Å². The van der Waals surface area contributed by atoms with Crippen molar-refractivity contribution in [2.24, 2.45) is 0 Å². The van der Waals surface area contributed by atoms with Gasteiger partial charge in [-0.15, -0.1) is 0 Å². The monoisotopic (exact) mass is 362 g/mol.